The van der Waals surface area contributed by atoms with Crippen LogP contribution in [0, 0.1) is 5.92 Å². The average molecular weight is 471 g/mol. The molecule has 10 heteroatoms. The number of methoxy groups -OCH3 is 1. The van der Waals surface area contributed by atoms with Crippen LogP contribution in [0.25, 0.3) is 5.65 Å². The minimum absolute atomic E-state index is 0.0271. The second kappa shape index (κ2) is 9.26. The largest absolute Gasteiger partial charge is 0.465 e. The zero-order valence-corrected chi connectivity index (χ0v) is 18.7. The fourth-order valence-electron chi connectivity index (χ4n) is 3.42. The van der Waals surface area contributed by atoms with Crippen molar-refractivity contribution in [3.63, 3.8) is 0 Å². The van der Waals surface area contributed by atoms with E-state index in [1.165, 1.54) is 17.7 Å². The van der Waals surface area contributed by atoms with E-state index in [4.69, 9.17) is 9.47 Å². The Morgan fingerprint density at radius 3 is 2.57 bits per heavy atom. The monoisotopic (exact) mass is 471 g/mol. The molecule has 0 bridgehead atoms. The molecule has 1 aliphatic carbocycles. The predicted molar refractivity (Wildman–Crippen MR) is 127 cm³/mol. The van der Waals surface area contributed by atoms with Crippen LogP contribution in [-0.4, -0.2) is 39.5 Å². The third-order valence-electron chi connectivity index (χ3n) is 5.36. The van der Waals surface area contributed by atoms with E-state index >= 15 is 0 Å². The molecule has 0 atom stereocenters. The van der Waals surface area contributed by atoms with Crippen LogP contribution >= 0.6 is 0 Å². The zero-order valence-electron chi connectivity index (χ0n) is 18.7. The predicted octanol–water partition coefficient (Wildman–Crippen LogP) is 3.91. The minimum atomic E-state index is -0.519. The Morgan fingerprint density at radius 2 is 1.77 bits per heavy atom. The summed E-state index contributed by atoms with van der Waals surface area (Å²) in [5.74, 6) is 0.357. The number of hydrogen-bond donors (Lipinski definition) is 2. The van der Waals surface area contributed by atoms with Gasteiger partial charge in [0.2, 0.25) is 11.8 Å². The summed E-state index contributed by atoms with van der Waals surface area (Å²) in [6, 6.07) is 16.5. The second-order valence-electron chi connectivity index (χ2n) is 8.02. The summed E-state index contributed by atoms with van der Waals surface area (Å²) in [7, 11) is 1.28. The number of rotatable bonds is 7. The first kappa shape index (κ1) is 22.1. The van der Waals surface area contributed by atoms with Crippen molar-refractivity contribution < 1.29 is 23.9 Å². The van der Waals surface area contributed by atoms with Crippen molar-refractivity contribution in [2.45, 2.75) is 12.8 Å². The van der Waals surface area contributed by atoms with Crippen LogP contribution in [-0.2, 0) is 9.53 Å². The molecule has 0 radical (unpaired) electrons. The quantitative estimate of drug-likeness (QED) is 0.392. The Bertz CT molecular complexity index is 1440. The van der Waals surface area contributed by atoms with Gasteiger partial charge in [0.1, 0.15) is 5.75 Å². The van der Waals surface area contributed by atoms with Gasteiger partial charge in [0.25, 0.3) is 5.91 Å². The lowest BCUT2D eigenvalue weighted by Crippen LogP contribution is -2.13. The summed E-state index contributed by atoms with van der Waals surface area (Å²) in [4.78, 5) is 40.7. The Kier molecular flexibility index (Phi) is 5.84. The van der Waals surface area contributed by atoms with Crippen LogP contribution in [0.1, 0.15) is 33.6 Å². The number of carbonyl (C=O) groups is 3. The Hall–Kier alpha value is -4.73. The van der Waals surface area contributed by atoms with Crippen molar-refractivity contribution in [3.05, 3.63) is 78.0 Å². The molecule has 2 heterocycles. The number of fused-ring (bicyclic) bond motifs is 1. The third-order valence-corrected chi connectivity index (χ3v) is 5.36. The molecule has 4 aromatic rings. The van der Waals surface area contributed by atoms with Gasteiger partial charge in [-0.15, -0.1) is 5.10 Å². The maximum Gasteiger partial charge on any atom is 0.337 e. The van der Waals surface area contributed by atoms with Crippen molar-refractivity contribution in [1.29, 1.82) is 0 Å². The number of nitrogens with one attached hydrogen (secondary N) is 2. The van der Waals surface area contributed by atoms with E-state index in [2.05, 4.69) is 20.7 Å². The number of carbonyl (C=O) groups excluding carboxylic acids is 3. The normalized spacial score (nSPS) is 12.7. The summed E-state index contributed by atoms with van der Waals surface area (Å²) in [6.45, 7) is 0. The van der Waals surface area contributed by atoms with Gasteiger partial charge in [0.15, 0.2) is 11.5 Å². The van der Waals surface area contributed by atoms with E-state index in [-0.39, 0.29) is 23.3 Å². The van der Waals surface area contributed by atoms with Crippen molar-refractivity contribution in [2.24, 2.45) is 5.92 Å². The van der Waals surface area contributed by atoms with Crippen LogP contribution in [0.5, 0.6) is 11.6 Å². The first-order valence-corrected chi connectivity index (χ1v) is 10.9. The molecular weight excluding hydrogens is 450 g/mol. The first-order valence-electron chi connectivity index (χ1n) is 10.9. The number of benzene rings is 2. The van der Waals surface area contributed by atoms with E-state index in [0.717, 1.165) is 12.8 Å². The molecule has 5 rings (SSSR count). The van der Waals surface area contributed by atoms with E-state index in [9.17, 15) is 14.4 Å². The molecule has 1 aliphatic rings. The highest BCUT2D eigenvalue weighted by Crippen LogP contribution is 2.30. The van der Waals surface area contributed by atoms with Crippen LogP contribution in [0.4, 0.5) is 11.5 Å². The van der Waals surface area contributed by atoms with Gasteiger partial charge in [0.05, 0.1) is 18.9 Å². The maximum atomic E-state index is 12.7. The summed E-state index contributed by atoms with van der Waals surface area (Å²) < 4.78 is 12.1. The van der Waals surface area contributed by atoms with E-state index < -0.39 is 5.97 Å². The van der Waals surface area contributed by atoms with Gasteiger partial charge in [-0.1, -0.05) is 12.1 Å². The van der Waals surface area contributed by atoms with Gasteiger partial charge in [-0.25, -0.2) is 14.3 Å². The molecule has 0 saturated heterocycles. The lowest BCUT2D eigenvalue weighted by Gasteiger charge is -2.09. The Labute approximate surface area is 199 Å². The molecule has 10 nitrogen and oxygen atoms in total. The van der Waals surface area contributed by atoms with Crippen molar-refractivity contribution in [2.75, 3.05) is 17.7 Å². The molecule has 1 fully saturated rings. The number of esters is 1. The molecule has 176 valence electrons. The van der Waals surface area contributed by atoms with Crippen LogP contribution in [0.2, 0.25) is 0 Å². The van der Waals surface area contributed by atoms with Gasteiger partial charge >= 0.3 is 5.97 Å². The minimum Gasteiger partial charge on any atom is -0.465 e. The SMILES string of the molecule is COC(=O)c1cccc(C(=O)Nc2cccc(Oc3ccc4nc(NC(=O)C5CC5)cn4n3)c2)c1. The van der Waals surface area contributed by atoms with Crippen LogP contribution < -0.4 is 15.4 Å². The molecule has 2 amide bonds. The molecule has 2 aromatic heterocycles. The number of anilines is 2. The molecule has 1 saturated carbocycles. The number of imidazole rings is 1. The zero-order chi connectivity index (χ0) is 24.4. The molecular formula is C25H21N5O5. The number of aromatic nitrogens is 3. The maximum absolute atomic E-state index is 12.7. The molecule has 0 aliphatic heterocycles. The van der Waals surface area contributed by atoms with Crippen LogP contribution in [0.15, 0.2) is 66.9 Å². The standard InChI is InChI=1S/C25H21N5O5/c1-34-25(33)17-5-2-4-16(12-17)24(32)26-18-6-3-7-19(13-18)35-22-11-10-21-27-20(14-30(21)29-22)28-23(31)15-8-9-15/h2-7,10-15H,8-9H2,1H3,(H,26,32)(H,28,31). The molecule has 0 unspecified atom stereocenters. The van der Waals surface area contributed by atoms with Crippen molar-refractivity contribution in [3.8, 4) is 11.6 Å². The summed E-state index contributed by atoms with van der Waals surface area (Å²) in [5.41, 5.74) is 1.67. The van der Waals surface area contributed by atoms with Gasteiger partial charge in [-0.05, 0) is 49.2 Å². The number of nitrogens with zero attached hydrogens (tertiary/aromatic N) is 3. The van der Waals surface area contributed by atoms with E-state index in [0.29, 0.717) is 34.3 Å². The highest BCUT2D eigenvalue weighted by atomic mass is 16.5. The highest BCUT2D eigenvalue weighted by molar-refractivity contribution is 6.05. The first-order chi connectivity index (χ1) is 17.0. The second-order valence-corrected chi connectivity index (χ2v) is 8.02. The lowest BCUT2D eigenvalue weighted by atomic mass is 10.1. The third kappa shape index (κ3) is 5.11. The molecule has 35 heavy (non-hydrogen) atoms. The van der Waals surface area contributed by atoms with Crippen LogP contribution in [0.3, 0.4) is 0 Å². The lowest BCUT2D eigenvalue weighted by molar-refractivity contribution is -0.117. The average Bonchev–Trinajstić information content (AvgIpc) is 3.64. The number of hydrogen-bond acceptors (Lipinski definition) is 7. The fraction of sp³-hybridized carbons (Fsp3) is 0.160. The van der Waals surface area contributed by atoms with Gasteiger partial charge in [-0.2, -0.15) is 0 Å². The molecule has 0 spiro atoms. The number of ether oxygens (including phenoxy) is 2. The summed E-state index contributed by atoms with van der Waals surface area (Å²) >= 11 is 0. The Morgan fingerprint density at radius 1 is 0.971 bits per heavy atom. The summed E-state index contributed by atoms with van der Waals surface area (Å²) in [6.07, 6.45) is 3.45. The Balaban J connectivity index is 1.27. The summed E-state index contributed by atoms with van der Waals surface area (Å²) in [5, 5.41) is 9.96. The van der Waals surface area contributed by atoms with E-state index in [1.54, 1.807) is 60.8 Å². The van der Waals surface area contributed by atoms with Crippen molar-refractivity contribution >= 4 is 34.9 Å². The van der Waals surface area contributed by atoms with Crippen molar-refractivity contribution in [1.82, 2.24) is 14.6 Å². The fourth-order valence-corrected chi connectivity index (χ4v) is 3.42. The highest BCUT2D eigenvalue weighted by Gasteiger charge is 2.30. The van der Waals surface area contributed by atoms with E-state index in [1.807, 2.05) is 0 Å². The topological polar surface area (TPSA) is 124 Å². The smallest absolute Gasteiger partial charge is 0.337 e. The van der Waals surface area contributed by atoms with Gasteiger partial charge in [0, 0.05) is 29.3 Å². The van der Waals surface area contributed by atoms with Gasteiger partial charge < -0.3 is 20.1 Å². The molecule has 2 aromatic carbocycles. The number of amides is 2. The molecule has 2 N–H and O–H groups in total. The van der Waals surface area contributed by atoms with Gasteiger partial charge in [-0.3, -0.25) is 9.59 Å².